The maximum atomic E-state index is 13.8. The molecule has 0 amide bonds. The lowest BCUT2D eigenvalue weighted by molar-refractivity contribution is 0.188. The van der Waals surface area contributed by atoms with Gasteiger partial charge in [0.25, 0.3) is 0 Å². The first-order chi connectivity index (χ1) is 14.8. The number of nitrogens with zero attached hydrogens (tertiary/aromatic N) is 2. The van der Waals surface area contributed by atoms with E-state index in [2.05, 4.69) is 31.8 Å². The van der Waals surface area contributed by atoms with E-state index in [9.17, 15) is 4.39 Å². The van der Waals surface area contributed by atoms with E-state index in [-0.39, 0.29) is 17.8 Å². The second kappa shape index (κ2) is 12.1. The lowest BCUT2D eigenvalue weighted by atomic mass is 10.0. The largest absolute Gasteiger partial charge is 0.459 e. The quantitative estimate of drug-likeness (QED) is 0.580. The van der Waals surface area contributed by atoms with Gasteiger partial charge in [-0.05, 0) is 25.5 Å². The molecule has 2 unspecified atom stereocenters. The summed E-state index contributed by atoms with van der Waals surface area (Å²) in [5.74, 6) is 1.80. The Kier molecular flexibility index (Phi) is 9.53. The van der Waals surface area contributed by atoms with Gasteiger partial charge in [-0.15, -0.1) is 0 Å². The third kappa shape index (κ3) is 7.72. The van der Waals surface area contributed by atoms with Crippen molar-refractivity contribution in [1.29, 1.82) is 0 Å². The summed E-state index contributed by atoms with van der Waals surface area (Å²) in [5, 5.41) is 3.49. The van der Waals surface area contributed by atoms with E-state index < -0.39 is 0 Å². The number of hydrogen-bond acceptors (Lipinski definition) is 5. The van der Waals surface area contributed by atoms with Crippen molar-refractivity contribution in [2.75, 3.05) is 34.4 Å². The van der Waals surface area contributed by atoms with Gasteiger partial charge in [0.1, 0.15) is 23.2 Å². The van der Waals surface area contributed by atoms with Gasteiger partial charge in [-0.1, -0.05) is 37.8 Å². The Hall–Kier alpha value is -2.86. The predicted molar refractivity (Wildman–Crippen MR) is 126 cm³/mol. The highest BCUT2D eigenvalue weighted by atomic mass is 19.1. The van der Waals surface area contributed by atoms with Crippen LogP contribution in [0.3, 0.4) is 0 Å². The molecule has 0 aromatic heterocycles. The molecular formula is C25H34FN3O2. The van der Waals surface area contributed by atoms with Gasteiger partial charge in [0.15, 0.2) is 0 Å². The van der Waals surface area contributed by atoms with Crippen molar-refractivity contribution in [3.63, 3.8) is 0 Å². The van der Waals surface area contributed by atoms with Crippen LogP contribution in [-0.2, 0) is 4.74 Å². The SMILES string of the molecule is C=CC(=C\N(C)C)/C1=C(\Oc2cccc(F)c2)CN=C(C(C)CCOC)NC(C)C=C1. The van der Waals surface area contributed by atoms with Crippen molar-refractivity contribution in [3.8, 4) is 5.75 Å². The van der Waals surface area contributed by atoms with E-state index >= 15 is 0 Å². The number of methoxy groups -OCH3 is 1. The smallest absolute Gasteiger partial charge is 0.133 e. The van der Waals surface area contributed by atoms with Crippen LogP contribution in [0, 0.1) is 11.7 Å². The first-order valence-electron chi connectivity index (χ1n) is 10.5. The summed E-state index contributed by atoms with van der Waals surface area (Å²) in [5.41, 5.74) is 1.75. The van der Waals surface area contributed by atoms with E-state index in [1.165, 1.54) is 12.1 Å². The molecule has 1 N–H and O–H groups in total. The molecular weight excluding hydrogens is 393 g/mol. The summed E-state index contributed by atoms with van der Waals surface area (Å²) in [6.07, 6.45) is 8.70. The highest BCUT2D eigenvalue weighted by Crippen LogP contribution is 2.24. The Bertz CT molecular complexity index is 871. The summed E-state index contributed by atoms with van der Waals surface area (Å²) < 4.78 is 25.2. The van der Waals surface area contributed by atoms with Crippen LogP contribution >= 0.6 is 0 Å². The number of benzene rings is 1. The molecule has 1 aliphatic heterocycles. The van der Waals surface area contributed by atoms with Gasteiger partial charge in [0, 0.05) is 63.2 Å². The molecule has 0 radical (unpaired) electrons. The summed E-state index contributed by atoms with van der Waals surface area (Å²) in [6, 6.07) is 6.20. The summed E-state index contributed by atoms with van der Waals surface area (Å²) >= 11 is 0. The third-order valence-corrected chi connectivity index (χ3v) is 4.81. The molecule has 1 heterocycles. The van der Waals surface area contributed by atoms with Crippen LogP contribution in [-0.4, -0.2) is 51.1 Å². The van der Waals surface area contributed by atoms with Crippen molar-refractivity contribution < 1.29 is 13.9 Å². The molecule has 0 fully saturated rings. The zero-order valence-electron chi connectivity index (χ0n) is 19.2. The van der Waals surface area contributed by atoms with Crippen molar-refractivity contribution in [2.45, 2.75) is 26.3 Å². The number of nitrogens with one attached hydrogen (secondary N) is 1. The number of allylic oxidation sites excluding steroid dienone is 4. The van der Waals surface area contributed by atoms with Gasteiger partial charge in [-0.3, -0.25) is 4.99 Å². The molecule has 1 aliphatic rings. The minimum Gasteiger partial charge on any atom is -0.459 e. The fraction of sp³-hybridized carbons (Fsp3) is 0.400. The van der Waals surface area contributed by atoms with Crippen molar-refractivity contribution in [2.24, 2.45) is 10.9 Å². The first kappa shape index (κ1) is 24.4. The topological polar surface area (TPSA) is 46.1 Å². The van der Waals surface area contributed by atoms with Crippen LogP contribution in [0.25, 0.3) is 0 Å². The fourth-order valence-corrected chi connectivity index (χ4v) is 3.16. The highest BCUT2D eigenvalue weighted by molar-refractivity contribution is 5.85. The van der Waals surface area contributed by atoms with Gasteiger partial charge >= 0.3 is 0 Å². The van der Waals surface area contributed by atoms with Gasteiger partial charge in [0.05, 0.1) is 6.54 Å². The maximum Gasteiger partial charge on any atom is 0.133 e. The average Bonchev–Trinajstić information content (AvgIpc) is 2.80. The average molecular weight is 428 g/mol. The molecule has 2 atom stereocenters. The maximum absolute atomic E-state index is 13.8. The van der Waals surface area contributed by atoms with Gasteiger partial charge in [-0.2, -0.15) is 0 Å². The molecule has 0 spiro atoms. The van der Waals surface area contributed by atoms with Crippen LogP contribution in [0.1, 0.15) is 20.3 Å². The Balaban J connectivity index is 2.55. The van der Waals surface area contributed by atoms with Crippen LogP contribution in [0.5, 0.6) is 5.75 Å². The standard InChI is InChI=1S/C25H34FN3O2/c1-7-20(17-29(4)5)23-12-11-19(3)28-25(18(2)13-14-30-6)27-16-24(23)31-22-10-8-9-21(26)15-22/h7-12,15,17-19H,1,13-14,16H2,2-6H3,(H,27,28)/b12-11?,20-17+,24-23-. The fourth-order valence-electron chi connectivity index (χ4n) is 3.16. The number of rotatable bonds is 9. The van der Waals surface area contributed by atoms with Crippen molar-refractivity contribution >= 4 is 5.84 Å². The summed E-state index contributed by atoms with van der Waals surface area (Å²) in [7, 11) is 5.60. The summed E-state index contributed by atoms with van der Waals surface area (Å²) in [6.45, 7) is 9.14. The molecule has 0 saturated heterocycles. The number of ether oxygens (including phenoxy) is 2. The normalized spacial score (nSPS) is 20.6. The van der Waals surface area contributed by atoms with E-state index in [4.69, 9.17) is 14.5 Å². The summed E-state index contributed by atoms with van der Waals surface area (Å²) in [4.78, 5) is 6.80. The second-order valence-electron chi connectivity index (χ2n) is 7.82. The molecule has 2 rings (SSSR count). The van der Waals surface area contributed by atoms with Crippen LogP contribution < -0.4 is 10.1 Å². The minimum absolute atomic E-state index is 0.0673. The number of hydrogen-bond donors (Lipinski definition) is 1. The molecule has 31 heavy (non-hydrogen) atoms. The predicted octanol–water partition coefficient (Wildman–Crippen LogP) is 4.71. The lowest BCUT2D eigenvalue weighted by Crippen LogP contribution is -2.36. The number of aliphatic imine (C=N–C) groups is 1. The molecule has 6 heteroatoms. The molecule has 0 saturated carbocycles. The van der Waals surface area contributed by atoms with E-state index in [0.29, 0.717) is 24.7 Å². The Morgan fingerprint density at radius 3 is 2.84 bits per heavy atom. The zero-order valence-corrected chi connectivity index (χ0v) is 19.2. The second-order valence-corrected chi connectivity index (χ2v) is 7.82. The molecule has 5 nitrogen and oxygen atoms in total. The first-order valence-corrected chi connectivity index (χ1v) is 10.5. The van der Waals surface area contributed by atoms with Crippen LogP contribution in [0.15, 0.2) is 77.2 Å². The van der Waals surface area contributed by atoms with Gasteiger partial charge in [-0.25, -0.2) is 4.39 Å². The molecule has 1 aromatic rings. The van der Waals surface area contributed by atoms with E-state index in [0.717, 1.165) is 23.4 Å². The van der Waals surface area contributed by atoms with E-state index in [1.807, 2.05) is 31.3 Å². The van der Waals surface area contributed by atoms with Crippen molar-refractivity contribution in [1.82, 2.24) is 10.2 Å². The zero-order chi connectivity index (χ0) is 22.8. The van der Waals surface area contributed by atoms with Gasteiger partial charge in [0.2, 0.25) is 0 Å². The number of halogens is 1. The van der Waals surface area contributed by atoms with Crippen LogP contribution in [0.4, 0.5) is 4.39 Å². The van der Waals surface area contributed by atoms with Gasteiger partial charge < -0.3 is 19.7 Å². The Morgan fingerprint density at radius 2 is 2.19 bits per heavy atom. The minimum atomic E-state index is -0.348. The molecule has 0 aliphatic carbocycles. The molecule has 0 bridgehead atoms. The third-order valence-electron chi connectivity index (χ3n) is 4.81. The lowest BCUT2D eigenvalue weighted by Gasteiger charge is -2.19. The molecule has 1 aromatic carbocycles. The molecule has 168 valence electrons. The monoisotopic (exact) mass is 427 g/mol. The Labute approximate surface area is 185 Å². The highest BCUT2D eigenvalue weighted by Gasteiger charge is 2.18. The number of amidine groups is 1. The van der Waals surface area contributed by atoms with Crippen molar-refractivity contribution in [3.05, 3.63) is 78.0 Å². The van der Waals surface area contributed by atoms with Crippen LogP contribution in [0.2, 0.25) is 0 Å². The Morgan fingerprint density at radius 1 is 1.42 bits per heavy atom. The van der Waals surface area contributed by atoms with E-state index in [1.54, 1.807) is 25.3 Å².